The number of nitro benzene ring substituents is 1. The van der Waals surface area contributed by atoms with Gasteiger partial charge in [0.2, 0.25) is 10.0 Å². The summed E-state index contributed by atoms with van der Waals surface area (Å²) in [5.41, 5.74) is 2.15. The molecule has 2 aromatic rings. The van der Waals surface area contributed by atoms with E-state index in [2.05, 4.69) is 16.9 Å². The SMILES string of the molecule is Cc1ccc(CSCCNS(=O)(=O)c2cccc([N+](=O)[O-])c2)cc1. The van der Waals surface area contributed by atoms with E-state index >= 15 is 0 Å². The summed E-state index contributed by atoms with van der Waals surface area (Å²) >= 11 is 1.62. The number of hydrogen-bond acceptors (Lipinski definition) is 5. The van der Waals surface area contributed by atoms with Gasteiger partial charge in [-0.05, 0) is 18.6 Å². The third-order valence-electron chi connectivity index (χ3n) is 3.27. The maximum atomic E-state index is 12.1. The van der Waals surface area contributed by atoms with Crippen molar-refractivity contribution in [3.8, 4) is 0 Å². The van der Waals surface area contributed by atoms with E-state index in [1.165, 1.54) is 29.3 Å². The van der Waals surface area contributed by atoms with Crippen molar-refractivity contribution in [2.45, 2.75) is 17.6 Å². The minimum absolute atomic E-state index is 0.0970. The van der Waals surface area contributed by atoms with Gasteiger partial charge in [-0.25, -0.2) is 13.1 Å². The van der Waals surface area contributed by atoms with E-state index < -0.39 is 14.9 Å². The Balaban J connectivity index is 1.83. The number of non-ortho nitro benzene ring substituents is 1. The molecule has 24 heavy (non-hydrogen) atoms. The molecule has 0 fully saturated rings. The number of benzene rings is 2. The number of hydrogen-bond donors (Lipinski definition) is 1. The van der Waals surface area contributed by atoms with Crippen LogP contribution >= 0.6 is 11.8 Å². The summed E-state index contributed by atoms with van der Waals surface area (Å²) in [7, 11) is -3.73. The fourth-order valence-corrected chi connectivity index (χ4v) is 3.99. The molecule has 0 aliphatic rings. The van der Waals surface area contributed by atoms with Crippen LogP contribution in [0.15, 0.2) is 53.4 Å². The van der Waals surface area contributed by atoms with Gasteiger partial charge in [-0.2, -0.15) is 11.8 Å². The van der Waals surface area contributed by atoms with Crippen LogP contribution in [0, 0.1) is 17.0 Å². The van der Waals surface area contributed by atoms with Gasteiger partial charge in [0.1, 0.15) is 0 Å². The van der Waals surface area contributed by atoms with E-state index in [1.54, 1.807) is 11.8 Å². The first-order valence-electron chi connectivity index (χ1n) is 7.26. The Hall–Kier alpha value is -1.90. The third kappa shape index (κ3) is 5.33. The Kier molecular flexibility index (Phi) is 6.36. The summed E-state index contributed by atoms with van der Waals surface area (Å²) in [5.74, 6) is 1.42. The van der Waals surface area contributed by atoms with Gasteiger partial charge < -0.3 is 0 Å². The predicted molar refractivity (Wildman–Crippen MR) is 95.6 cm³/mol. The Labute approximate surface area is 145 Å². The van der Waals surface area contributed by atoms with Gasteiger partial charge in [-0.1, -0.05) is 35.9 Å². The summed E-state index contributed by atoms with van der Waals surface area (Å²) in [6.45, 7) is 2.29. The van der Waals surface area contributed by atoms with Gasteiger partial charge in [0, 0.05) is 30.2 Å². The monoisotopic (exact) mass is 366 g/mol. The van der Waals surface area contributed by atoms with Crippen LogP contribution in [0.25, 0.3) is 0 Å². The van der Waals surface area contributed by atoms with Crippen LogP contribution in [-0.4, -0.2) is 25.6 Å². The minimum atomic E-state index is -3.73. The second-order valence-corrected chi connectivity index (χ2v) is 8.06. The minimum Gasteiger partial charge on any atom is -0.258 e. The van der Waals surface area contributed by atoms with Crippen LogP contribution in [0.3, 0.4) is 0 Å². The highest BCUT2D eigenvalue weighted by atomic mass is 32.2. The van der Waals surface area contributed by atoms with Crippen molar-refractivity contribution in [3.63, 3.8) is 0 Å². The zero-order valence-corrected chi connectivity index (χ0v) is 14.8. The smallest absolute Gasteiger partial charge is 0.258 e. The first-order valence-corrected chi connectivity index (χ1v) is 9.90. The van der Waals surface area contributed by atoms with Gasteiger partial charge in [0.05, 0.1) is 9.82 Å². The summed E-state index contributed by atoms with van der Waals surface area (Å²) in [6, 6.07) is 13.2. The first kappa shape index (κ1) is 18.4. The molecule has 128 valence electrons. The fourth-order valence-electron chi connectivity index (χ4n) is 1.97. The summed E-state index contributed by atoms with van der Waals surface area (Å²) in [6.07, 6.45) is 0. The summed E-state index contributed by atoms with van der Waals surface area (Å²) in [5, 5.41) is 10.7. The second kappa shape index (κ2) is 8.27. The Morgan fingerprint density at radius 1 is 1.17 bits per heavy atom. The number of nitrogens with one attached hydrogen (secondary N) is 1. The molecule has 2 rings (SSSR count). The quantitative estimate of drug-likeness (QED) is 0.440. The molecule has 0 radical (unpaired) electrons. The number of aryl methyl sites for hydroxylation is 1. The molecule has 8 heteroatoms. The molecule has 0 amide bonds. The highest BCUT2D eigenvalue weighted by Crippen LogP contribution is 2.17. The van der Waals surface area contributed by atoms with E-state index in [1.807, 2.05) is 19.1 Å². The lowest BCUT2D eigenvalue weighted by Crippen LogP contribution is -2.26. The third-order valence-corrected chi connectivity index (χ3v) is 5.76. The normalized spacial score (nSPS) is 11.4. The molecule has 0 heterocycles. The zero-order chi connectivity index (χ0) is 17.6. The molecule has 0 aliphatic carbocycles. The maximum absolute atomic E-state index is 12.1. The van der Waals surface area contributed by atoms with E-state index in [0.717, 1.165) is 11.8 Å². The topological polar surface area (TPSA) is 89.3 Å². The highest BCUT2D eigenvalue weighted by Gasteiger charge is 2.16. The molecule has 0 bridgehead atoms. The molecule has 0 aliphatic heterocycles. The van der Waals surface area contributed by atoms with Gasteiger partial charge in [0.25, 0.3) is 5.69 Å². The lowest BCUT2D eigenvalue weighted by molar-refractivity contribution is -0.385. The fraction of sp³-hybridized carbons (Fsp3) is 0.250. The van der Waals surface area contributed by atoms with Crippen molar-refractivity contribution in [2.24, 2.45) is 0 Å². The molecule has 0 spiro atoms. The van der Waals surface area contributed by atoms with Crippen LogP contribution in [0.5, 0.6) is 0 Å². The molecular weight excluding hydrogens is 348 g/mol. The lowest BCUT2D eigenvalue weighted by Gasteiger charge is -2.07. The van der Waals surface area contributed by atoms with Crippen LogP contribution in [0.2, 0.25) is 0 Å². The second-order valence-electron chi connectivity index (χ2n) is 5.19. The number of sulfonamides is 1. The van der Waals surface area contributed by atoms with Crippen molar-refractivity contribution in [1.82, 2.24) is 4.72 Å². The van der Waals surface area contributed by atoms with Crippen LogP contribution < -0.4 is 4.72 Å². The Morgan fingerprint density at radius 3 is 2.54 bits per heavy atom. The van der Waals surface area contributed by atoms with Gasteiger partial charge in [-0.15, -0.1) is 0 Å². The van der Waals surface area contributed by atoms with Crippen molar-refractivity contribution in [2.75, 3.05) is 12.3 Å². The first-order chi connectivity index (χ1) is 11.4. The molecule has 0 saturated carbocycles. The Morgan fingerprint density at radius 2 is 1.88 bits per heavy atom. The standard InChI is InChI=1S/C16H18N2O4S2/c1-13-5-7-14(8-6-13)12-23-10-9-17-24(21,22)16-4-2-3-15(11-16)18(19)20/h2-8,11,17H,9-10,12H2,1H3. The number of nitrogens with zero attached hydrogens (tertiary/aromatic N) is 1. The van der Waals surface area contributed by atoms with Crippen LogP contribution in [-0.2, 0) is 15.8 Å². The number of thioether (sulfide) groups is 1. The summed E-state index contributed by atoms with van der Waals surface area (Å²) in [4.78, 5) is 10.0. The molecule has 6 nitrogen and oxygen atoms in total. The van der Waals surface area contributed by atoms with Crippen LogP contribution in [0.4, 0.5) is 5.69 Å². The molecule has 0 atom stereocenters. The Bertz CT molecular complexity index is 805. The van der Waals surface area contributed by atoms with Gasteiger partial charge in [-0.3, -0.25) is 10.1 Å². The number of nitro groups is 1. The van der Waals surface area contributed by atoms with Crippen molar-refractivity contribution >= 4 is 27.5 Å². The summed E-state index contributed by atoms with van der Waals surface area (Å²) < 4.78 is 26.7. The lowest BCUT2D eigenvalue weighted by atomic mass is 10.2. The number of rotatable bonds is 8. The maximum Gasteiger partial charge on any atom is 0.270 e. The average molecular weight is 366 g/mol. The van der Waals surface area contributed by atoms with Crippen molar-refractivity contribution in [1.29, 1.82) is 0 Å². The van der Waals surface area contributed by atoms with Crippen molar-refractivity contribution in [3.05, 3.63) is 69.8 Å². The average Bonchev–Trinajstić information content (AvgIpc) is 2.56. The predicted octanol–water partition coefficient (Wildman–Crippen LogP) is 3.11. The van der Waals surface area contributed by atoms with E-state index in [9.17, 15) is 18.5 Å². The van der Waals surface area contributed by atoms with Crippen LogP contribution in [0.1, 0.15) is 11.1 Å². The van der Waals surface area contributed by atoms with Gasteiger partial charge >= 0.3 is 0 Å². The zero-order valence-electron chi connectivity index (χ0n) is 13.1. The molecule has 1 N–H and O–H groups in total. The van der Waals surface area contributed by atoms with E-state index in [-0.39, 0.29) is 17.1 Å². The molecular formula is C16H18N2O4S2. The molecule has 0 unspecified atom stereocenters. The van der Waals surface area contributed by atoms with Crippen molar-refractivity contribution < 1.29 is 13.3 Å². The van der Waals surface area contributed by atoms with E-state index in [0.29, 0.717) is 5.75 Å². The molecule has 0 aromatic heterocycles. The van der Waals surface area contributed by atoms with Gasteiger partial charge in [0.15, 0.2) is 0 Å². The highest BCUT2D eigenvalue weighted by molar-refractivity contribution is 7.98. The molecule has 0 saturated heterocycles. The largest absolute Gasteiger partial charge is 0.270 e. The van der Waals surface area contributed by atoms with E-state index in [4.69, 9.17) is 0 Å². The molecule has 2 aromatic carbocycles.